The van der Waals surface area contributed by atoms with Crippen LogP contribution >= 0.6 is 0 Å². The van der Waals surface area contributed by atoms with Gasteiger partial charge in [0.2, 0.25) is 0 Å². The van der Waals surface area contributed by atoms with E-state index < -0.39 is 0 Å². The van der Waals surface area contributed by atoms with E-state index in [1.54, 1.807) is 0 Å². The van der Waals surface area contributed by atoms with Crippen LogP contribution in [0.1, 0.15) is 46.0 Å². The number of nitrogens with zero attached hydrogens (tertiary/aromatic N) is 1. The van der Waals surface area contributed by atoms with Crippen LogP contribution in [0.3, 0.4) is 0 Å². The van der Waals surface area contributed by atoms with Gasteiger partial charge < -0.3 is 10.2 Å². The lowest BCUT2D eigenvalue weighted by Gasteiger charge is -2.30. The molecule has 15 heavy (non-hydrogen) atoms. The Hall–Kier alpha value is -0.0800. The van der Waals surface area contributed by atoms with E-state index in [0.717, 1.165) is 12.5 Å². The van der Waals surface area contributed by atoms with Crippen LogP contribution in [0.25, 0.3) is 0 Å². The summed E-state index contributed by atoms with van der Waals surface area (Å²) in [4.78, 5) is 2.47. The molecule has 0 aromatic heterocycles. The molecule has 0 atom stereocenters. The van der Waals surface area contributed by atoms with Crippen molar-refractivity contribution in [3.63, 3.8) is 0 Å². The Kier molecular flexibility index (Phi) is 5.07. The van der Waals surface area contributed by atoms with Crippen molar-refractivity contribution in [1.29, 1.82) is 0 Å². The highest BCUT2D eigenvalue weighted by Gasteiger charge is 2.19. The number of rotatable bonds is 6. The standard InChI is InChI=1S/C13H28N2/c1-13(2,14-3)11-15(4)10-9-12-7-5-6-8-12/h12,14H,5-11H2,1-4H3. The van der Waals surface area contributed by atoms with E-state index in [2.05, 4.69) is 31.1 Å². The van der Waals surface area contributed by atoms with Gasteiger partial charge in [-0.3, -0.25) is 0 Å². The zero-order chi connectivity index (χ0) is 11.3. The van der Waals surface area contributed by atoms with E-state index in [9.17, 15) is 0 Å². The molecule has 1 aliphatic rings. The Morgan fingerprint density at radius 1 is 1.27 bits per heavy atom. The smallest absolute Gasteiger partial charge is 0.0249 e. The fourth-order valence-corrected chi connectivity index (χ4v) is 2.53. The zero-order valence-corrected chi connectivity index (χ0v) is 11.0. The van der Waals surface area contributed by atoms with Crippen molar-refractivity contribution >= 4 is 0 Å². The Bertz CT molecular complexity index is 171. The van der Waals surface area contributed by atoms with Crippen LogP contribution in [0, 0.1) is 5.92 Å². The summed E-state index contributed by atoms with van der Waals surface area (Å²) in [6.07, 6.45) is 7.29. The first kappa shape index (κ1) is 13.0. The van der Waals surface area contributed by atoms with E-state index in [1.807, 2.05) is 7.05 Å². The van der Waals surface area contributed by atoms with E-state index in [1.165, 1.54) is 38.6 Å². The van der Waals surface area contributed by atoms with Crippen LogP contribution in [0.4, 0.5) is 0 Å². The lowest BCUT2D eigenvalue weighted by atomic mass is 10.0. The Morgan fingerprint density at radius 3 is 2.40 bits per heavy atom. The zero-order valence-electron chi connectivity index (χ0n) is 11.0. The predicted molar refractivity (Wildman–Crippen MR) is 67.2 cm³/mol. The second-order valence-electron chi connectivity index (χ2n) is 5.81. The lowest BCUT2D eigenvalue weighted by Crippen LogP contribution is -2.46. The number of hydrogen-bond donors (Lipinski definition) is 1. The quantitative estimate of drug-likeness (QED) is 0.728. The molecule has 0 heterocycles. The van der Waals surface area contributed by atoms with Gasteiger partial charge in [0.25, 0.3) is 0 Å². The molecule has 1 saturated carbocycles. The van der Waals surface area contributed by atoms with Gasteiger partial charge in [-0.25, -0.2) is 0 Å². The van der Waals surface area contributed by atoms with Gasteiger partial charge in [-0.15, -0.1) is 0 Å². The van der Waals surface area contributed by atoms with Gasteiger partial charge in [-0.1, -0.05) is 25.7 Å². The van der Waals surface area contributed by atoms with Gasteiger partial charge in [-0.2, -0.15) is 0 Å². The molecule has 0 aromatic rings. The second kappa shape index (κ2) is 5.86. The highest BCUT2D eigenvalue weighted by atomic mass is 15.1. The first-order chi connectivity index (χ1) is 7.03. The highest BCUT2D eigenvalue weighted by molar-refractivity contribution is 4.79. The van der Waals surface area contributed by atoms with Crippen LogP contribution < -0.4 is 5.32 Å². The predicted octanol–water partition coefficient (Wildman–Crippen LogP) is 2.50. The molecule has 1 rings (SSSR count). The van der Waals surface area contributed by atoms with E-state index in [4.69, 9.17) is 0 Å². The fraction of sp³-hybridized carbons (Fsp3) is 1.00. The van der Waals surface area contributed by atoms with Crippen molar-refractivity contribution in [2.75, 3.05) is 27.2 Å². The van der Waals surface area contributed by atoms with E-state index in [0.29, 0.717) is 0 Å². The lowest BCUT2D eigenvalue weighted by molar-refractivity contribution is 0.230. The largest absolute Gasteiger partial charge is 0.314 e. The second-order valence-corrected chi connectivity index (χ2v) is 5.81. The third-order valence-electron chi connectivity index (χ3n) is 3.74. The van der Waals surface area contributed by atoms with Crippen LogP contribution in [-0.2, 0) is 0 Å². The topological polar surface area (TPSA) is 15.3 Å². The number of nitrogens with one attached hydrogen (secondary N) is 1. The minimum absolute atomic E-state index is 0.241. The Balaban J connectivity index is 2.15. The van der Waals surface area contributed by atoms with Gasteiger partial charge >= 0.3 is 0 Å². The molecule has 0 spiro atoms. The van der Waals surface area contributed by atoms with Crippen LogP contribution in [-0.4, -0.2) is 37.6 Å². The van der Waals surface area contributed by atoms with Gasteiger partial charge in [-0.05, 0) is 46.8 Å². The van der Waals surface area contributed by atoms with Crippen molar-refractivity contribution in [2.45, 2.75) is 51.5 Å². The molecule has 2 heteroatoms. The average Bonchev–Trinajstić information content (AvgIpc) is 2.66. The van der Waals surface area contributed by atoms with Crippen molar-refractivity contribution in [2.24, 2.45) is 5.92 Å². The van der Waals surface area contributed by atoms with Gasteiger partial charge in [0.1, 0.15) is 0 Å². The SMILES string of the molecule is CNC(C)(C)CN(C)CCC1CCCC1. The molecule has 0 radical (unpaired) electrons. The van der Waals surface area contributed by atoms with Crippen molar-refractivity contribution < 1.29 is 0 Å². The Labute approximate surface area is 95.4 Å². The molecule has 1 aliphatic carbocycles. The molecule has 0 saturated heterocycles. The van der Waals surface area contributed by atoms with Crippen molar-refractivity contribution in [1.82, 2.24) is 10.2 Å². The molecular formula is C13H28N2. The molecule has 0 amide bonds. The van der Waals surface area contributed by atoms with Crippen LogP contribution in [0.5, 0.6) is 0 Å². The summed E-state index contributed by atoms with van der Waals surface area (Å²) in [5.74, 6) is 1.02. The average molecular weight is 212 g/mol. The Morgan fingerprint density at radius 2 is 1.87 bits per heavy atom. The summed E-state index contributed by atoms with van der Waals surface area (Å²) in [6, 6.07) is 0. The maximum atomic E-state index is 3.36. The molecule has 0 aromatic carbocycles. The minimum atomic E-state index is 0.241. The third kappa shape index (κ3) is 4.98. The summed E-state index contributed by atoms with van der Waals surface area (Å²) >= 11 is 0. The minimum Gasteiger partial charge on any atom is -0.314 e. The van der Waals surface area contributed by atoms with Gasteiger partial charge in [0.15, 0.2) is 0 Å². The summed E-state index contributed by atoms with van der Waals surface area (Å²) in [6.45, 7) is 6.92. The summed E-state index contributed by atoms with van der Waals surface area (Å²) < 4.78 is 0. The van der Waals surface area contributed by atoms with Gasteiger partial charge in [0, 0.05) is 12.1 Å². The van der Waals surface area contributed by atoms with Crippen molar-refractivity contribution in [3.8, 4) is 0 Å². The molecule has 0 aliphatic heterocycles. The number of likely N-dealkylation sites (N-methyl/N-ethyl adjacent to an activating group) is 2. The first-order valence-corrected chi connectivity index (χ1v) is 6.41. The highest BCUT2D eigenvalue weighted by Crippen LogP contribution is 2.27. The maximum absolute atomic E-state index is 3.36. The molecule has 1 fully saturated rings. The number of hydrogen-bond acceptors (Lipinski definition) is 2. The summed E-state index contributed by atoms with van der Waals surface area (Å²) in [5, 5.41) is 3.36. The fourth-order valence-electron chi connectivity index (χ4n) is 2.53. The normalized spacial score (nSPS) is 19.0. The molecule has 90 valence electrons. The maximum Gasteiger partial charge on any atom is 0.0249 e. The third-order valence-corrected chi connectivity index (χ3v) is 3.74. The van der Waals surface area contributed by atoms with Crippen LogP contribution in [0.2, 0.25) is 0 Å². The van der Waals surface area contributed by atoms with Crippen molar-refractivity contribution in [3.05, 3.63) is 0 Å². The molecule has 0 bridgehead atoms. The summed E-state index contributed by atoms with van der Waals surface area (Å²) in [7, 11) is 4.29. The summed E-state index contributed by atoms with van der Waals surface area (Å²) in [5.41, 5.74) is 0.241. The first-order valence-electron chi connectivity index (χ1n) is 6.41. The van der Waals surface area contributed by atoms with E-state index in [-0.39, 0.29) is 5.54 Å². The molecule has 0 unspecified atom stereocenters. The van der Waals surface area contributed by atoms with Crippen LogP contribution in [0.15, 0.2) is 0 Å². The van der Waals surface area contributed by atoms with E-state index >= 15 is 0 Å². The van der Waals surface area contributed by atoms with Gasteiger partial charge in [0.05, 0.1) is 0 Å². The monoisotopic (exact) mass is 212 g/mol. The molecule has 2 nitrogen and oxygen atoms in total. The molecular weight excluding hydrogens is 184 g/mol. The molecule has 1 N–H and O–H groups in total.